The third-order valence-corrected chi connectivity index (χ3v) is 4.73. The molecule has 1 saturated carbocycles. The van der Waals surface area contributed by atoms with Gasteiger partial charge in [-0.2, -0.15) is 0 Å². The molecule has 1 fully saturated rings. The van der Waals surface area contributed by atoms with Crippen molar-refractivity contribution in [1.29, 1.82) is 0 Å². The van der Waals surface area contributed by atoms with Crippen molar-refractivity contribution in [2.24, 2.45) is 5.92 Å². The van der Waals surface area contributed by atoms with Crippen LogP contribution in [0.3, 0.4) is 0 Å². The number of hydrogen-bond acceptors (Lipinski definition) is 3. The summed E-state index contributed by atoms with van der Waals surface area (Å²) in [6, 6.07) is 0. The third-order valence-electron chi connectivity index (χ3n) is 4.73. The van der Waals surface area contributed by atoms with Gasteiger partial charge in [-0.3, -0.25) is 14.9 Å². The molecule has 1 N–H and O–H groups in total. The van der Waals surface area contributed by atoms with Crippen LogP contribution >= 0.6 is 0 Å². The zero-order valence-electron chi connectivity index (χ0n) is 10.3. The zero-order valence-corrected chi connectivity index (χ0v) is 10.3. The number of fused-ring (bicyclic) bond motifs is 3. The Labute approximate surface area is 106 Å². The first-order valence-electron chi connectivity index (χ1n) is 6.83. The molecule has 4 aliphatic rings. The summed E-state index contributed by atoms with van der Waals surface area (Å²) in [4.78, 5) is 25.9. The number of imide groups is 1. The molecule has 1 unspecified atom stereocenters. The van der Waals surface area contributed by atoms with E-state index in [9.17, 15) is 9.59 Å². The van der Waals surface area contributed by atoms with Crippen molar-refractivity contribution in [3.05, 3.63) is 22.4 Å². The summed E-state index contributed by atoms with van der Waals surface area (Å²) < 4.78 is 0. The number of nitrogens with zero attached hydrogens (tertiary/aromatic N) is 1. The Morgan fingerprint density at radius 1 is 1.11 bits per heavy atom. The molecule has 2 amide bonds. The standard InChI is InChI=1S/C14H16N2O2/c17-13-10-7-16-6-5-8-3-1-2-4-9(8)12(16)11(10)14(18)15-13/h8H,1-7H2,(H,15,17,18). The Hall–Kier alpha value is -1.58. The van der Waals surface area contributed by atoms with Crippen LogP contribution < -0.4 is 5.32 Å². The quantitative estimate of drug-likeness (QED) is 0.649. The number of hydrogen-bond donors (Lipinski definition) is 1. The highest BCUT2D eigenvalue weighted by molar-refractivity contribution is 6.22. The molecule has 0 saturated heterocycles. The number of allylic oxidation sites excluding steroid dienone is 1. The van der Waals surface area contributed by atoms with Gasteiger partial charge < -0.3 is 4.90 Å². The van der Waals surface area contributed by atoms with Gasteiger partial charge in [0, 0.05) is 18.8 Å². The van der Waals surface area contributed by atoms with Gasteiger partial charge in [-0.05, 0) is 37.2 Å². The van der Waals surface area contributed by atoms with Gasteiger partial charge in [0.05, 0.1) is 11.1 Å². The maximum Gasteiger partial charge on any atom is 0.260 e. The van der Waals surface area contributed by atoms with Crippen LogP contribution in [-0.4, -0.2) is 29.8 Å². The molecule has 0 aromatic carbocycles. The average molecular weight is 244 g/mol. The highest BCUT2D eigenvalue weighted by Gasteiger charge is 2.44. The zero-order chi connectivity index (χ0) is 12.3. The van der Waals surface area contributed by atoms with Crippen molar-refractivity contribution in [3.63, 3.8) is 0 Å². The molecule has 1 aliphatic carbocycles. The van der Waals surface area contributed by atoms with Crippen LogP contribution in [0.5, 0.6) is 0 Å². The molecule has 0 aromatic heterocycles. The lowest BCUT2D eigenvalue weighted by molar-refractivity contribution is -0.124. The Morgan fingerprint density at radius 2 is 2.00 bits per heavy atom. The minimum atomic E-state index is -0.176. The first-order valence-corrected chi connectivity index (χ1v) is 6.83. The van der Waals surface area contributed by atoms with Crippen molar-refractivity contribution in [2.45, 2.75) is 32.1 Å². The largest absolute Gasteiger partial charge is 0.366 e. The second kappa shape index (κ2) is 3.46. The lowest BCUT2D eigenvalue weighted by atomic mass is 9.78. The Bertz CT molecular complexity index is 530. The normalized spacial score (nSPS) is 30.4. The molecule has 0 bridgehead atoms. The van der Waals surface area contributed by atoms with E-state index in [1.165, 1.54) is 31.3 Å². The van der Waals surface area contributed by atoms with E-state index in [0.29, 0.717) is 23.6 Å². The summed E-state index contributed by atoms with van der Waals surface area (Å²) in [5, 5.41) is 2.43. The van der Waals surface area contributed by atoms with Gasteiger partial charge in [0.1, 0.15) is 0 Å². The van der Waals surface area contributed by atoms with E-state index in [2.05, 4.69) is 10.2 Å². The van der Waals surface area contributed by atoms with E-state index >= 15 is 0 Å². The monoisotopic (exact) mass is 244 g/mol. The predicted molar refractivity (Wildman–Crippen MR) is 65.3 cm³/mol. The maximum atomic E-state index is 11.9. The van der Waals surface area contributed by atoms with Gasteiger partial charge in [0.15, 0.2) is 0 Å². The summed E-state index contributed by atoms with van der Waals surface area (Å²) in [6.07, 6.45) is 6.08. The van der Waals surface area contributed by atoms with E-state index in [4.69, 9.17) is 0 Å². The van der Waals surface area contributed by atoms with E-state index < -0.39 is 0 Å². The maximum absolute atomic E-state index is 11.9. The van der Waals surface area contributed by atoms with Crippen molar-refractivity contribution in [2.75, 3.05) is 13.1 Å². The van der Waals surface area contributed by atoms with Gasteiger partial charge in [0.2, 0.25) is 0 Å². The molecule has 94 valence electrons. The average Bonchev–Trinajstić information content (AvgIpc) is 2.89. The van der Waals surface area contributed by atoms with E-state index in [-0.39, 0.29) is 11.8 Å². The first kappa shape index (κ1) is 10.4. The summed E-state index contributed by atoms with van der Waals surface area (Å²) in [5.41, 5.74) is 3.96. The smallest absolute Gasteiger partial charge is 0.260 e. The molecule has 4 nitrogen and oxygen atoms in total. The highest BCUT2D eigenvalue weighted by Crippen LogP contribution is 2.45. The number of carbonyl (C=O) groups is 2. The molecule has 3 heterocycles. The van der Waals surface area contributed by atoms with Crippen LogP contribution in [0.25, 0.3) is 0 Å². The van der Waals surface area contributed by atoms with Crippen LogP contribution in [0, 0.1) is 5.92 Å². The fourth-order valence-corrected chi connectivity index (χ4v) is 3.90. The van der Waals surface area contributed by atoms with E-state index in [0.717, 1.165) is 18.7 Å². The molecule has 18 heavy (non-hydrogen) atoms. The fourth-order valence-electron chi connectivity index (χ4n) is 3.90. The van der Waals surface area contributed by atoms with E-state index in [1.807, 2.05) is 0 Å². The van der Waals surface area contributed by atoms with Crippen molar-refractivity contribution in [1.82, 2.24) is 10.2 Å². The first-order chi connectivity index (χ1) is 8.75. The third kappa shape index (κ3) is 1.21. The van der Waals surface area contributed by atoms with Crippen molar-refractivity contribution in [3.8, 4) is 0 Å². The van der Waals surface area contributed by atoms with Crippen LogP contribution in [0.15, 0.2) is 22.4 Å². The van der Waals surface area contributed by atoms with Gasteiger partial charge in [-0.15, -0.1) is 0 Å². The molecular formula is C14H16N2O2. The van der Waals surface area contributed by atoms with Crippen molar-refractivity contribution >= 4 is 11.8 Å². The summed E-state index contributed by atoms with van der Waals surface area (Å²) in [5.74, 6) is 0.302. The molecule has 3 aliphatic heterocycles. The Morgan fingerprint density at radius 3 is 2.89 bits per heavy atom. The minimum absolute atomic E-state index is 0.175. The number of nitrogens with one attached hydrogen (secondary N) is 1. The Balaban J connectivity index is 1.87. The summed E-state index contributed by atoms with van der Waals surface area (Å²) in [7, 11) is 0. The second-order valence-corrected chi connectivity index (χ2v) is 5.66. The lowest BCUT2D eigenvalue weighted by Gasteiger charge is -2.37. The molecular weight excluding hydrogens is 228 g/mol. The topological polar surface area (TPSA) is 49.4 Å². The van der Waals surface area contributed by atoms with Crippen molar-refractivity contribution < 1.29 is 9.59 Å². The second-order valence-electron chi connectivity index (χ2n) is 5.66. The highest BCUT2D eigenvalue weighted by atomic mass is 16.2. The van der Waals surface area contributed by atoms with Gasteiger partial charge in [-0.25, -0.2) is 0 Å². The molecule has 0 radical (unpaired) electrons. The molecule has 4 rings (SSSR count). The fraction of sp³-hybridized carbons (Fsp3) is 0.571. The van der Waals surface area contributed by atoms with Crippen LogP contribution in [-0.2, 0) is 9.59 Å². The lowest BCUT2D eigenvalue weighted by Crippen LogP contribution is -2.37. The number of rotatable bonds is 0. The molecule has 0 spiro atoms. The van der Waals surface area contributed by atoms with Crippen LogP contribution in [0.2, 0.25) is 0 Å². The number of amides is 2. The van der Waals surface area contributed by atoms with Crippen LogP contribution in [0.4, 0.5) is 0 Å². The Kier molecular flexibility index (Phi) is 1.99. The van der Waals surface area contributed by atoms with Crippen LogP contribution in [0.1, 0.15) is 32.1 Å². The number of carbonyl (C=O) groups excluding carboxylic acids is 2. The predicted octanol–water partition coefficient (Wildman–Crippen LogP) is 1.10. The van der Waals surface area contributed by atoms with Gasteiger partial charge in [-0.1, -0.05) is 6.42 Å². The minimum Gasteiger partial charge on any atom is -0.366 e. The van der Waals surface area contributed by atoms with Gasteiger partial charge in [0.25, 0.3) is 11.8 Å². The molecule has 4 heteroatoms. The molecule has 1 atom stereocenters. The SMILES string of the molecule is O=C1NC(=O)C2=C1CN1CCC3CCCCC3=C21. The summed E-state index contributed by atoms with van der Waals surface area (Å²) >= 11 is 0. The van der Waals surface area contributed by atoms with E-state index in [1.54, 1.807) is 0 Å². The summed E-state index contributed by atoms with van der Waals surface area (Å²) in [6.45, 7) is 1.63. The van der Waals surface area contributed by atoms with Gasteiger partial charge >= 0.3 is 0 Å². The molecule has 0 aromatic rings.